The molecule has 2 atom stereocenters. The molecule has 132 valence electrons. The Kier molecular flexibility index (Phi) is 7.11. The molecular formula is C16H30N4O3. The first-order valence-electron chi connectivity index (χ1n) is 8.56. The molecule has 7 nitrogen and oxygen atoms in total. The Morgan fingerprint density at radius 1 is 1.30 bits per heavy atom. The predicted molar refractivity (Wildman–Crippen MR) is 89.3 cm³/mol. The lowest BCUT2D eigenvalue weighted by Gasteiger charge is -2.33. The highest BCUT2D eigenvalue weighted by molar-refractivity contribution is 5.80. The number of nitrogens with one attached hydrogen (secondary N) is 2. The first-order chi connectivity index (χ1) is 11.1. The molecule has 23 heavy (non-hydrogen) atoms. The first kappa shape index (κ1) is 18.0. The van der Waals surface area contributed by atoms with Crippen LogP contribution in [0.1, 0.15) is 32.1 Å². The Hall–Kier alpha value is -1.34. The van der Waals surface area contributed by atoms with Gasteiger partial charge in [0.1, 0.15) is 6.61 Å². The molecule has 0 bridgehead atoms. The van der Waals surface area contributed by atoms with Crippen molar-refractivity contribution in [2.75, 3.05) is 40.4 Å². The molecule has 0 aromatic carbocycles. The van der Waals surface area contributed by atoms with Gasteiger partial charge in [0.25, 0.3) is 0 Å². The number of nitrogens with zero attached hydrogens (tertiary/aromatic N) is 2. The quantitative estimate of drug-likeness (QED) is 0.487. The van der Waals surface area contributed by atoms with Gasteiger partial charge in [-0.2, -0.15) is 0 Å². The summed E-state index contributed by atoms with van der Waals surface area (Å²) in [6.45, 7) is 2.41. The van der Waals surface area contributed by atoms with Crippen LogP contribution in [0, 0.1) is 5.92 Å². The van der Waals surface area contributed by atoms with E-state index < -0.39 is 0 Å². The summed E-state index contributed by atoms with van der Waals surface area (Å²) in [5.41, 5.74) is 0. The van der Waals surface area contributed by atoms with Crippen LogP contribution in [0.4, 0.5) is 0 Å². The smallest absolute Gasteiger partial charge is 0.248 e. The second-order valence-corrected chi connectivity index (χ2v) is 6.44. The maximum absolute atomic E-state index is 11.8. The lowest BCUT2D eigenvalue weighted by Crippen LogP contribution is -2.51. The van der Waals surface area contributed by atoms with Crippen molar-refractivity contribution in [3.63, 3.8) is 0 Å². The van der Waals surface area contributed by atoms with Crippen molar-refractivity contribution in [2.45, 2.75) is 44.2 Å². The number of rotatable bonds is 5. The highest BCUT2D eigenvalue weighted by Crippen LogP contribution is 2.24. The van der Waals surface area contributed by atoms with E-state index in [-0.39, 0.29) is 18.6 Å². The average Bonchev–Trinajstić information content (AvgIpc) is 2.97. The number of hydrogen-bond acceptors (Lipinski definition) is 4. The van der Waals surface area contributed by atoms with Gasteiger partial charge in [0, 0.05) is 45.8 Å². The molecule has 2 rings (SSSR count). The summed E-state index contributed by atoms with van der Waals surface area (Å²) < 4.78 is 4.90. The van der Waals surface area contributed by atoms with Gasteiger partial charge in [-0.3, -0.25) is 9.79 Å². The third-order valence-electron chi connectivity index (χ3n) is 4.83. The molecule has 1 aliphatic carbocycles. The minimum atomic E-state index is -0.185. The Morgan fingerprint density at radius 3 is 2.61 bits per heavy atom. The Balaban J connectivity index is 1.70. The van der Waals surface area contributed by atoms with Crippen molar-refractivity contribution in [3.05, 3.63) is 0 Å². The first-order valence-corrected chi connectivity index (χ1v) is 8.56. The molecule has 1 saturated carbocycles. The molecule has 7 heteroatoms. The van der Waals surface area contributed by atoms with Crippen molar-refractivity contribution in [3.8, 4) is 0 Å². The number of carbonyl (C=O) groups excluding carboxylic acids is 1. The lowest BCUT2D eigenvalue weighted by atomic mass is 10.0. The molecule has 2 aliphatic rings. The summed E-state index contributed by atoms with van der Waals surface area (Å²) in [7, 11) is 3.31. The van der Waals surface area contributed by atoms with Crippen LogP contribution >= 0.6 is 0 Å². The van der Waals surface area contributed by atoms with Gasteiger partial charge < -0.3 is 25.4 Å². The number of aliphatic imine (C=N–C) groups is 1. The summed E-state index contributed by atoms with van der Waals surface area (Å²) in [6.07, 6.45) is 4.71. The number of ether oxygens (including phenoxy) is 1. The van der Waals surface area contributed by atoms with E-state index in [9.17, 15) is 9.90 Å². The van der Waals surface area contributed by atoms with Gasteiger partial charge in [-0.1, -0.05) is 6.42 Å². The van der Waals surface area contributed by atoms with Crippen LogP contribution in [0.2, 0.25) is 0 Å². The largest absolute Gasteiger partial charge is 0.393 e. The summed E-state index contributed by atoms with van der Waals surface area (Å²) in [4.78, 5) is 17.9. The molecule has 1 heterocycles. The zero-order valence-electron chi connectivity index (χ0n) is 14.3. The van der Waals surface area contributed by atoms with Gasteiger partial charge in [0.05, 0.1) is 6.10 Å². The van der Waals surface area contributed by atoms with Crippen molar-refractivity contribution < 1.29 is 14.6 Å². The van der Waals surface area contributed by atoms with E-state index in [0.29, 0.717) is 12.0 Å². The maximum Gasteiger partial charge on any atom is 0.248 e. The number of aliphatic hydroxyl groups is 1. The maximum atomic E-state index is 11.8. The van der Waals surface area contributed by atoms with Gasteiger partial charge in [-0.15, -0.1) is 0 Å². The zero-order valence-corrected chi connectivity index (χ0v) is 14.3. The molecule has 0 radical (unpaired) electrons. The van der Waals surface area contributed by atoms with E-state index in [0.717, 1.165) is 57.7 Å². The monoisotopic (exact) mass is 326 g/mol. The topological polar surface area (TPSA) is 86.2 Å². The van der Waals surface area contributed by atoms with Crippen LogP contribution in [0.15, 0.2) is 4.99 Å². The lowest BCUT2D eigenvalue weighted by molar-refractivity contribution is -0.136. The van der Waals surface area contributed by atoms with E-state index in [1.807, 2.05) is 4.90 Å². The number of carbonyl (C=O) groups is 1. The molecule has 1 saturated heterocycles. The van der Waals surface area contributed by atoms with E-state index in [1.165, 1.54) is 0 Å². The molecule has 3 N–H and O–H groups in total. The number of likely N-dealkylation sites (tertiary alicyclic amines) is 1. The number of piperidine rings is 1. The summed E-state index contributed by atoms with van der Waals surface area (Å²) in [5, 5.41) is 16.6. The highest BCUT2D eigenvalue weighted by atomic mass is 16.5. The van der Waals surface area contributed by atoms with Gasteiger partial charge in [0.15, 0.2) is 5.96 Å². The van der Waals surface area contributed by atoms with Crippen LogP contribution in [-0.4, -0.2) is 74.4 Å². The van der Waals surface area contributed by atoms with Gasteiger partial charge >= 0.3 is 0 Å². The van der Waals surface area contributed by atoms with Crippen molar-refractivity contribution in [1.29, 1.82) is 0 Å². The molecule has 0 aromatic rings. The second-order valence-electron chi connectivity index (χ2n) is 6.44. The number of hydrogen-bond donors (Lipinski definition) is 3. The summed E-state index contributed by atoms with van der Waals surface area (Å²) in [5.74, 6) is 1.16. The molecular weight excluding hydrogens is 296 g/mol. The highest BCUT2D eigenvalue weighted by Gasteiger charge is 2.26. The van der Waals surface area contributed by atoms with Crippen LogP contribution in [0.3, 0.4) is 0 Å². The molecule has 1 amide bonds. The third kappa shape index (κ3) is 5.35. The molecule has 0 aromatic heterocycles. The fraction of sp³-hybridized carbons (Fsp3) is 0.875. The van der Waals surface area contributed by atoms with Crippen LogP contribution < -0.4 is 10.6 Å². The number of methoxy groups -OCH3 is 1. The fourth-order valence-corrected chi connectivity index (χ4v) is 3.36. The second kappa shape index (κ2) is 9.08. The summed E-state index contributed by atoms with van der Waals surface area (Å²) >= 11 is 0. The van der Waals surface area contributed by atoms with Gasteiger partial charge in [0.2, 0.25) is 5.91 Å². The average molecular weight is 326 g/mol. The number of guanidine groups is 1. The van der Waals surface area contributed by atoms with Gasteiger partial charge in [-0.05, 0) is 25.7 Å². The van der Waals surface area contributed by atoms with E-state index >= 15 is 0 Å². The summed E-state index contributed by atoms with van der Waals surface area (Å²) in [6, 6.07) is 0.321. The minimum absolute atomic E-state index is 0.0590. The van der Waals surface area contributed by atoms with Crippen LogP contribution in [0.5, 0.6) is 0 Å². The molecule has 2 fully saturated rings. The van der Waals surface area contributed by atoms with Crippen molar-refractivity contribution in [1.82, 2.24) is 15.5 Å². The fourth-order valence-electron chi connectivity index (χ4n) is 3.36. The third-order valence-corrected chi connectivity index (χ3v) is 4.83. The van der Waals surface area contributed by atoms with E-state index in [1.54, 1.807) is 14.2 Å². The normalized spacial score (nSPS) is 26.4. The SMILES string of the molecule is CN=C(NCC1CCCC1O)NC1CCN(C(=O)COC)CC1. The Bertz CT molecular complexity index is 408. The Morgan fingerprint density at radius 2 is 2.04 bits per heavy atom. The van der Waals surface area contributed by atoms with Crippen LogP contribution in [-0.2, 0) is 9.53 Å². The van der Waals surface area contributed by atoms with Crippen molar-refractivity contribution in [2.24, 2.45) is 10.9 Å². The number of aliphatic hydroxyl groups excluding tert-OH is 1. The zero-order chi connectivity index (χ0) is 16.7. The van der Waals surface area contributed by atoms with Gasteiger partial charge in [-0.25, -0.2) is 0 Å². The minimum Gasteiger partial charge on any atom is -0.393 e. The van der Waals surface area contributed by atoms with Crippen molar-refractivity contribution >= 4 is 11.9 Å². The standard InChI is InChI=1S/C16H30N4O3/c1-17-16(18-10-12-4-3-5-14(12)21)19-13-6-8-20(9-7-13)15(22)11-23-2/h12-14,21H,3-11H2,1-2H3,(H2,17,18,19). The molecule has 1 aliphatic heterocycles. The van der Waals surface area contributed by atoms with E-state index in [2.05, 4.69) is 15.6 Å². The van der Waals surface area contributed by atoms with Crippen LogP contribution in [0.25, 0.3) is 0 Å². The Labute approximate surface area is 138 Å². The number of amides is 1. The van der Waals surface area contributed by atoms with E-state index in [4.69, 9.17) is 4.74 Å². The molecule has 2 unspecified atom stereocenters. The predicted octanol–water partition coefficient (Wildman–Crippen LogP) is -0.0502. The molecule has 0 spiro atoms.